The van der Waals surface area contributed by atoms with E-state index in [9.17, 15) is 14.4 Å². The Balaban J connectivity index is 1.87. The van der Waals surface area contributed by atoms with E-state index in [0.717, 1.165) is 13.0 Å². The number of benzene rings is 1. The van der Waals surface area contributed by atoms with Gasteiger partial charge >= 0.3 is 11.1 Å². The summed E-state index contributed by atoms with van der Waals surface area (Å²) in [5.41, 5.74) is 0.276. The molecule has 7 heteroatoms. The second-order valence-electron chi connectivity index (χ2n) is 5.68. The van der Waals surface area contributed by atoms with Crippen LogP contribution in [0.15, 0.2) is 27.8 Å². The summed E-state index contributed by atoms with van der Waals surface area (Å²) in [5, 5.41) is 2.88. The van der Waals surface area contributed by atoms with E-state index >= 15 is 0 Å². The van der Waals surface area contributed by atoms with Gasteiger partial charge in [0.15, 0.2) is 0 Å². The highest BCUT2D eigenvalue weighted by Gasteiger charge is 2.17. The molecular formula is C16H19N3O4. The first-order chi connectivity index (χ1) is 11.1. The molecule has 1 aromatic carbocycles. The molecule has 1 aromatic heterocycles. The molecule has 2 heterocycles. The Morgan fingerprint density at radius 2 is 2.26 bits per heavy atom. The molecule has 2 aromatic rings. The molecule has 1 unspecified atom stereocenters. The van der Waals surface area contributed by atoms with Crippen molar-refractivity contribution in [3.8, 4) is 0 Å². The van der Waals surface area contributed by atoms with Crippen LogP contribution in [0.4, 0.5) is 0 Å². The quantitative estimate of drug-likeness (QED) is 0.802. The van der Waals surface area contributed by atoms with Crippen molar-refractivity contribution in [2.75, 3.05) is 19.8 Å². The molecular weight excluding hydrogens is 298 g/mol. The Kier molecular flexibility index (Phi) is 4.29. The number of fused-ring (bicyclic) bond motifs is 1. The molecule has 7 nitrogen and oxygen atoms in total. The average molecular weight is 317 g/mol. The van der Waals surface area contributed by atoms with Crippen LogP contribution in [0.2, 0.25) is 0 Å². The molecule has 0 aliphatic carbocycles. The largest absolute Gasteiger partial charge is 0.381 e. The molecule has 122 valence electrons. The molecule has 23 heavy (non-hydrogen) atoms. The second-order valence-corrected chi connectivity index (χ2v) is 5.68. The summed E-state index contributed by atoms with van der Waals surface area (Å²) in [4.78, 5) is 38.3. The third-order valence-electron chi connectivity index (χ3n) is 4.13. The molecule has 1 aliphatic rings. The Morgan fingerprint density at radius 1 is 1.43 bits per heavy atom. The topological polar surface area (TPSA) is 93.2 Å². The highest BCUT2D eigenvalue weighted by atomic mass is 16.5. The number of carbonyl (C=O) groups is 1. The highest BCUT2D eigenvalue weighted by molar-refractivity contribution is 5.97. The van der Waals surface area contributed by atoms with Crippen molar-refractivity contribution < 1.29 is 9.53 Å². The maximum atomic E-state index is 12.2. The number of hydrogen-bond acceptors (Lipinski definition) is 4. The lowest BCUT2D eigenvalue weighted by atomic mass is 10.1. The van der Waals surface area contributed by atoms with Gasteiger partial charge in [0.25, 0.3) is 5.91 Å². The highest BCUT2D eigenvalue weighted by Crippen LogP contribution is 2.13. The van der Waals surface area contributed by atoms with Gasteiger partial charge in [-0.2, -0.15) is 0 Å². The zero-order valence-electron chi connectivity index (χ0n) is 12.9. The minimum atomic E-state index is -0.681. The lowest BCUT2D eigenvalue weighted by Crippen LogP contribution is -2.36. The van der Waals surface area contributed by atoms with Gasteiger partial charge in [-0.3, -0.25) is 14.4 Å². The Bertz CT molecular complexity index is 847. The SMILES string of the molecule is CCn1c(=O)c(=O)[nH]c2cc(C(=O)NCC3CCOC3)ccc21. The number of hydrogen-bond donors (Lipinski definition) is 2. The Hall–Kier alpha value is -2.41. The van der Waals surface area contributed by atoms with Crippen LogP contribution < -0.4 is 16.4 Å². The van der Waals surface area contributed by atoms with Crippen LogP contribution in [0.1, 0.15) is 23.7 Å². The molecule has 0 saturated carbocycles. The van der Waals surface area contributed by atoms with Crippen molar-refractivity contribution >= 4 is 16.9 Å². The van der Waals surface area contributed by atoms with Crippen molar-refractivity contribution in [1.82, 2.24) is 14.9 Å². The number of aromatic nitrogens is 2. The maximum Gasteiger partial charge on any atom is 0.316 e. The molecule has 1 amide bonds. The number of H-pyrrole nitrogens is 1. The Morgan fingerprint density at radius 3 is 2.96 bits per heavy atom. The van der Waals surface area contributed by atoms with Gasteiger partial charge < -0.3 is 19.6 Å². The lowest BCUT2D eigenvalue weighted by molar-refractivity contribution is 0.0945. The van der Waals surface area contributed by atoms with Crippen LogP contribution in [-0.4, -0.2) is 35.2 Å². The first-order valence-corrected chi connectivity index (χ1v) is 7.73. The van der Waals surface area contributed by atoms with Crippen molar-refractivity contribution in [1.29, 1.82) is 0 Å². The van der Waals surface area contributed by atoms with Gasteiger partial charge in [-0.15, -0.1) is 0 Å². The number of nitrogens with zero attached hydrogens (tertiary/aromatic N) is 1. The van der Waals surface area contributed by atoms with Gasteiger partial charge in [0.1, 0.15) is 0 Å². The summed E-state index contributed by atoms with van der Waals surface area (Å²) in [7, 11) is 0. The molecule has 1 saturated heterocycles. The average Bonchev–Trinajstić information content (AvgIpc) is 3.07. The number of ether oxygens (including phenoxy) is 1. The van der Waals surface area contributed by atoms with E-state index in [0.29, 0.717) is 42.2 Å². The molecule has 2 N–H and O–H groups in total. The van der Waals surface area contributed by atoms with E-state index in [1.165, 1.54) is 4.57 Å². The number of rotatable bonds is 4. The van der Waals surface area contributed by atoms with Crippen molar-refractivity contribution in [2.24, 2.45) is 5.92 Å². The summed E-state index contributed by atoms with van der Waals surface area (Å²) < 4.78 is 6.67. The van der Waals surface area contributed by atoms with Crippen LogP contribution in [0, 0.1) is 5.92 Å². The molecule has 3 rings (SSSR count). The fourth-order valence-corrected chi connectivity index (χ4v) is 2.82. The number of aromatic amines is 1. The zero-order valence-corrected chi connectivity index (χ0v) is 12.9. The summed E-state index contributed by atoms with van der Waals surface area (Å²) in [6.45, 7) is 4.18. The smallest absolute Gasteiger partial charge is 0.316 e. The molecule has 0 bridgehead atoms. The normalized spacial score (nSPS) is 17.5. The Labute approximate surface area is 132 Å². The summed E-state index contributed by atoms with van der Waals surface area (Å²) in [6.07, 6.45) is 0.952. The lowest BCUT2D eigenvalue weighted by Gasteiger charge is -2.11. The van der Waals surface area contributed by atoms with Crippen LogP contribution in [0.3, 0.4) is 0 Å². The molecule has 1 aliphatic heterocycles. The van der Waals surface area contributed by atoms with Crippen LogP contribution in [0.5, 0.6) is 0 Å². The zero-order chi connectivity index (χ0) is 16.4. The predicted octanol–water partition coefficient (Wildman–Crippen LogP) is 0.476. The van der Waals surface area contributed by atoms with Crippen molar-refractivity contribution in [3.63, 3.8) is 0 Å². The van der Waals surface area contributed by atoms with E-state index < -0.39 is 11.1 Å². The first-order valence-electron chi connectivity index (χ1n) is 7.73. The summed E-state index contributed by atoms with van der Waals surface area (Å²) in [5.74, 6) is 0.151. The van der Waals surface area contributed by atoms with Gasteiger partial charge in [0.2, 0.25) is 0 Å². The van der Waals surface area contributed by atoms with Crippen LogP contribution in [0.25, 0.3) is 11.0 Å². The number of carbonyl (C=O) groups excluding carboxylic acids is 1. The van der Waals surface area contributed by atoms with E-state index in [1.54, 1.807) is 25.1 Å². The summed E-state index contributed by atoms with van der Waals surface area (Å²) in [6, 6.07) is 4.94. The predicted molar refractivity (Wildman–Crippen MR) is 85.8 cm³/mol. The monoisotopic (exact) mass is 317 g/mol. The van der Waals surface area contributed by atoms with Gasteiger partial charge in [-0.25, -0.2) is 0 Å². The van der Waals surface area contributed by atoms with Crippen molar-refractivity contribution in [2.45, 2.75) is 19.9 Å². The van der Waals surface area contributed by atoms with E-state index in [1.807, 2.05) is 0 Å². The minimum absolute atomic E-state index is 0.200. The van der Waals surface area contributed by atoms with Crippen molar-refractivity contribution in [3.05, 3.63) is 44.5 Å². The molecule has 0 spiro atoms. The molecule has 0 radical (unpaired) electrons. The van der Waals surface area contributed by atoms with Gasteiger partial charge in [-0.05, 0) is 31.5 Å². The molecule has 1 atom stereocenters. The fraction of sp³-hybridized carbons (Fsp3) is 0.438. The van der Waals surface area contributed by atoms with E-state index in [2.05, 4.69) is 10.3 Å². The van der Waals surface area contributed by atoms with Gasteiger partial charge in [0, 0.05) is 31.2 Å². The second kappa shape index (κ2) is 6.37. The van der Waals surface area contributed by atoms with Gasteiger partial charge in [-0.1, -0.05) is 0 Å². The molecule has 1 fully saturated rings. The third kappa shape index (κ3) is 3.05. The van der Waals surface area contributed by atoms with Gasteiger partial charge in [0.05, 0.1) is 17.6 Å². The number of aryl methyl sites for hydroxylation is 1. The minimum Gasteiger partial charge on any atom is -0.381 e. The van der Waals surface area contributed by atoms with Crippen LogP contribution >= 0.6 is 0 Å². The summed E-state index contributed by atoms with van der Waals surface area (Å²) >= 11 is 0. The van der Waals surface area contributed by atoms with E-state index in [-0.39, 0.29) is 5.91 Å². The number of nitrogens with one attached hydrogen (secondary N) is 2. The first kappa shape index (κ1) is 15.5. The van der Waals surface area contributed by atoms with Crippen LogP contribution in [-0.2, 0) is 11.3 Å². The standard InChI is InChI=1S/C16H19N3O4/c1-2-19-13-4-3-11(7-12(13)18-15(21)16(19)22)14(20)17-8-10-5-6-23-9-10/h3-4,7,10H,2,5-6,8-9H2,1H3,(H,17,20)(H,18,21). The third-order valence-corrected chi connectivity index (χ3v) is 4.13. The number of amides is 1. The fourth-order valence-electron chi connectivity index (χ4n) is 2.82. The van der Waals surface area contributed by atoms with E-state index in [4.69, 9.17) is 4.74 Å². The maximum absolute atomic E-state index is 12.2.